The molecule has 0 fully saturated rings. The zero-order valence-corrected chi connectivity index (χ0v) is 9.46. The Hall–Kier alpha value is -2.23. The molecule has 0 saturated carbocycles. The van der Waals surface area contributed by atoms with Crippen LogP contribution in [0.5, 0.6) is 5.75 Å². The lowest BCUT2D eigenvalue weighted by Crippen LogP contribution is -2.02. The first-order chi connectivity index (χ1) is 8.29. The summed E-state index contributed by atoms with van der Waals surface area (Å²) >= 11 is 0. The van der Waals surface area contributed by atoms with Crippen LogP contribution in [0, 0.1) is 6.92 Å². The van der Waals surface area contributed by atoms with Gasteiger partial charge in [-0.2, -0.15) is 0 Å². The van der Waals surface area contributed by atoms with E-state index in [4.69, 9.17) is 4.74 Å². The smallest absolute Gasteiger partial charge is 0.172 e. The van der Waals surface area contributed by atoms with E-state index in [1.54, 1.807) is 18.3 Å². The lowest BCUT2D eigenvalue weighted by molar-refractivity contribution is 0.111. The number of hydrogen-bond acceptors (Lipinski definition) is 4. The molecule has 4 nitrogen and oxygen atoms in total. The molecule has 86 valence electrons. The summed E-state index contributed by atoms with van der Waals surface area (Å²) in [6.07, 6.45) is 2.40. The van der Waals surface area contributed by atoms with E-state index in [1.165, 1.54) is 0 Å². The topological polar surface area (TPSA) is 52.1 Å². The van der Waals surface area contributed by atoms with Crippen molar-refractivity contribution in [2.45, 2.75) is 13.5 Å². The predicted molar refractivity (Wildman–Crippen MR) is 62.9 cm³/mol. The Balaban J connectivity index is 2.11. The van der Waals surface area contributed by atoms with Crippen molar-refractivity contribution in [1.82, 2.24) is 9.97 Å². The summed E-state index contributed by atoms with van der Waals surface area (Å²) in [7, 11) is 0. The molecule has 2 rings (SSSR count). The van der Waals surface area contributed by atoms with Crippen molar-refractivity contribution in [2.24, 2.45) is 0 Å². The SMILES string of the molecule is Cc1ccc(OCc2ccccn2)c(C=O)n1. The Labute approximate surface area is 99.3 Å². The number of hydrogen-bond donors (Lipinski definition) is 0. The van der Waals surface area contributed by atoms with Crippen LogP contribution in [0.4, 0.5) is 0 Å². The molecule has 0 amide bonds. The first-order valence-electron chi connectivity index (χ1n) is 5.25. The maximum atomic E-state index is 10.8. The molecular formula is C13H12N2O2. The fourth-order valence-electron chi connectivity index (χ4n) is 1.41. The molecule has 2 heterocycles. The number of pyridine rings is 2. The van der Waals surface area contributed by atoms with E-state index in [0.717, 1.165) is 11.4 Å². The van der Waals surface area contributed by atoms with Crippen LogP contribution in [-0.4, -0.2) is 16.3 Å². The third kappa shape index (κ3) is 2.87. The number of rotatable bonds is 4. The van der Waals surface area contributed by atoms with E-state index in [0.29, 0.717) is 24.3 Å². The fourth-order valence-corrected chi connectivity index (χ4v) is 1.41. The molecule has 0 N–H and O–H groups in total. The van der Waals surface area contributed by atoms with E-state index >= 15 is 0 Å². The van der Waals surface area contributed by atoms with Gasteiger partial charge in [-0.15, -0.1) is 0 Å². The van der Waals surface area contributed by atoms with Crippen LogP contribution in [0.2, 0.25) is 0 Å². The molecule has 0 aliphatic rings. The second-order valence-corrected chi connectivity index (χ2v) is 3.56. The summed E-state index contributed by atoms with van der Waals surface area (Å²) in [6, 6.07) is 9.14. The maximum absolute atomic E-state index is 10.8. The summed E-state index contributed by atoms with van der Waals surface area (Å²) in [5, 5.41) is 0. The van der Waals surface area contributed by atoms with Crippen LogP contribution < -0.4 is 4.74 Å². The Morgan fingerprint density at radius 2 is 2.18 bits per heavy atom. The average molecular weight is 228 g/mol. The third-order valence-corrected chi connectivity index (χ3v) is 2.24. The normalized spacial score (nSPS) is 9.94. The zero-order chi connectivity index (χ0) is 12.1. The van der Waals surface area contributed by atoms with Gasteiger partial charge in [0.25, 0.3) is 0 Å². The minimum Gasteiger partial charge on any atom is -0.485 e. The fraction of sp³-hybridized carbons (Fsp3) is 0.154. The van der Waals surface area contributed by atoms with Gasteiger partial charge in [-0.25, -0.2) is 4.98 Å². The Morgan fingerprint density at radius 3 is 2.88 bits per heavy atom. The highest BCUT2D eigenvalue weighted by molar-refractivity contribution is 5.76. The monoisotopic (exact) mass is 228 g/mol. The molecular weight excluding hydrogens is 216 g/mol. The highest BCUT2D eigenvalue weighted by atomic mass is 16.5. The van der Waals surface area contributed by atoms with Gasteiger partial charge in [0.05, 0.1) is 5.69 Å². The Bertz CT molecular complexity index is 512. The second kappa shape index (κ2) is 5.21. The molecule has 17 heavy (non-hydrogen) atoms. The molecule has 2 aromatic heterocycles. The molecule has 0 aromatic carbocycles. The molecule has 0 aliphatic heterocycles. The number of aryl methyl sites for hydroxylation is 1. The minimum atomic E-state index is 0.320. The molecule has 0 bridgehead atoms. The molecule has 0 unspecified atom stereocenters. The lowest BCUT2D eigenvalue weighted by Gasteiger charge is -2.07. The second-order valence-electron chi connectivity index (χ2n) is 3.56. The van der Waals surface area contributed by atoms with Gasteiger partial charge in [0.2, 0.25) is 0 Å². The zero-order valence-electron chi connectivity index (χ0n) is 9.46. The lowest BCUT2D eigenvalue weighted by atomic mass is 10.3. The first kappa shape index (κ1) is 11.3. The van der Waals surface area contributed by atoms with Crippen molar-refractivity contribution in [3.63, 3.8) is 0 Å². The summed E-state index contributed by atoms with van der Waals surface area (Å²) in [6.45, 7) is 2.15. The number of aldehydes is 1. The van der Waals surface area contributed by atoms with Crippen molar-refractivity contribution in [3.8, 4) is 5.75 Å². The third-order valence-electron chi connectivity index (χ3n) is 2.24. The number of carbonyl (C=O) groups is 1. The molecule has 0 aliphatic carbocycles. The number of carbonyl (C=O) groups excluding carboxylic acids is 1. The number of ether oxygens (including phenoxy) is 1. The quantitative estimate of drug-likeness (QED) is 0.752. The van der Waals surface area contributed by atoms with E-state index in [2.05, 4.69) is 9.97 Å². The molecule has 4 heteroatoms. The predicted octanol–water partition coefficient (Wildman–Crippen LogP) is 2.18. The summed E-state index contributed by atoms with van der Waals surface area (Å²) < 4.78 is 5.51. The summed E-state index contributed by atoms with van der Waals surface area (Å²) in [4.78, 5) is 19.1. The van der Waals surface area contributed by atoms with Crippen molar-refractivity contribution >= 4 is 6.29 Å². The summed E-state index contributed by atoms with van der Waals surface area (Å²) in [5.41, 5.74) is 1.92. The Kier molecular flexibility index (Phi) is 3.45. The number of nitrogens with zero attached hydrogens (tertiary/aromatic N) is 2. The van der Waals surface area contributed by atoms with Gasteiger partial charge in [-0.3, -0.25) is 9.78 Å². The van der Waals surface area contributed by atoms with Gasteiger partial charge in [0, 0.05) is 11.9 Å². The van der Waals surface area contributed by atoms with Gasteiger partial charge in [0.15, 0.2) is 6.29 Å². The molecule has 0 spiro atoms. The van der Waals surface area contributed by atoms with Gasteiger partial charge >= 0.3 is 0 Å². The van der Waals surface area contributed by atoms with Crippen LogP contribution in [0.3, 0.4) is 0 Å². The minimum absolute atomic E-state index is 0.320. The van der Waals surface area contributed by atoms with E-state index in [9.17, 15) is 4.79 Å². The van der Waals surface area contributed by atoms with Crippen molar-refractivity contribution < 1.29 is 9.53 Å². The summed E-state index contributed by atoms with van der Waals surface area (Å²) in [5.74, 6) is 0.483. The largest absolute Gasteiger partial charge is 0.485 e. The average Bonchev–Trinajstić information content (AvgIpc) is 2.38. The van der Waals surface area contributed by atoms with Gasteiger partial charge in [0.1, 0.15) is 18.1 Å². The van der Waals surface area contributed by atoms with Crippen molar-refractivity contribution in [3.05, 3.63) is 53.6 Å². The van der Waals surface area contributed by atoms with Crippen molar-refractivity contribution in [2.75, 3.05) is 0 Å². The first-order valence-corrected chi connectivity index (χ1v) is 5.25. The van der Waals surface area contributed by atoms with Crippen molar-refractivity contribution in [1.29, 1.82) is 0 Å². The van der Waals surface area contributed by atoms with Gasteiger partial charge < -0.3 is 4.74 Å². The van der Waals surface area contributed by atoms with Crippen LogP contribution in [0.1, 0.15) is 21.9 Å². The molecule has 0 atom stereocenters. The van der Waals surface area contributed by atoms with E-state index in [1.807, 2.05) is 25.1 Å². The Morgan fingerprint density at radius 1 is 1.29 bits per heavy atom. The van der Waals surface area contributed by atoms with Crippen LogP contribution in [0.25, 0.3) is 0 Å². The van der Waals surface area contributed by atoms with E-state index in [-0.39, 0.29) is 0 Å². The van der Waals surface area contributed by atoms with Gasteiger partial charge in [-0.1, -0.05) is 6.07 Å². The van der Waals surface area contributed by atoms with Crippen LogP contribution in [-0.2, 0) is 6.61 Å². The molecule has 0 radical (unpaired) electrons. The van der Waals surface area contributed by atoms with E-state index < -0.39 is 0 Å². The number of aromatic nitrogens is 2. The highest BCUT2D eigenvalue weighted by Crippen LogP contribution is 2.16. The highest BCUT2D eigenvalue weighted by Gasteiger charge is 2.05. The molecule has 0 saturated heterocycles. The van der Waals surface area contributed by atoms with Gasteiger partial charge in [-0.05, 0) is 31.2 Å². The molecule has 2 aromatic rings. The van der Waals surface area contributed by atoms with Crippen LogP contribution >= 0.6 is 0 Å². The maximum Gasteiger partial charge on any atom is 0.172 e. The standard InChI is InChI=1S/C13H12N2O2/c1-10-5-6-13(12(8-16)15-10)17-9-11-4-2-3-7-14-11/h2-8H,9H2,1H3. The van der Waals surface area contributed by atoms with Crippen LogP contribution in [0.15, 0.2) is 36.5 Å².